The van der Waals surface area contributed by atoms with E-state index in [1.54, 1.807) is 31.3 Å². The highest BCUT2D eigenvalue weighted by Gasteiger charge is 2.38. The summed E-state index contributed by atoms with van der Waals surface area (Å²) in [6.07, 6.45) is 4.93. The highest BCUT2D eigenvalue weighted by molar-refractivity contribution is 5.98. The second kappa shape index (κ2) is 6.72. The molecule has 1 aromatic rings. The van der Waals surface area contributed by atoms with Crippen LogP contribution in [0.3, 0.4) is 0 Å². The molecule has 1 saturated carbocycles. The SMILES string of the molecule is CNC(=O)c1cccc(NC(=O)C2(CN)CCCCC2)c1. The number of anilines is 1. The van der Waals surface area contributed by atoms with Gasteiger partial charge in [-0.1, -0.05) is 25.3 Å². The number of nitrogens with one attached hydrogen (secondary N) is 2. The number of hydrogen-bond acceptors (Lipinski definition) is 3. The summed E-state index contributed by atoms with van der Waals surface area (Å²) in [7, 11) is 1.58. The molecule has 0 heterocycles. The van der Waals surface area contributed by atoms with Crippen molar-refractivity contribution in [2.75, 3.05) is 18.9 Å². The molecule has 2 rings (SSSR count). The van der Waals surface area contributed by atoms with Crippen LogP contribution in [-0.4, -0.2) is 25.4 Å². The Bertz CT molecular complexity index is 522. The normalized spacial score (nSPS) is 17.0. The fourth-order valence-corrected chi connectivity index (χ4v) is 2.90. The Morgan fingerprint density at radius 1 is 1.24 bits per heavy atom. The largest absolute Gasteiger partial charge is 0.355 e. The minimum Gasteiger partial charge on any atom is -0.355 e. The first-order valence-corrected chi connectivity index (χ1v) is 7.45. The first-order valence-electron chi connectivity index (χ1n) is 7.45. The molecule has 0 atom stereocenters. The van der Waals surface area contributed by atoms with Gasteiger partial charge in [-0.2, -0.15) is 0 Å². The van der Waals surface area contributed by atoms with E-state index in [-0.39, 0.29) is 11.8 Å². The van der Waals surface area contributed by atoms with Gasteiger partial charge in [0.1, 0.15) is 0 Å². The van der Waals surface area contributed by atoms with Crippen molar-refractivity contribution in [1.82, 2.24) is 5.32 Å². The van der Waals surface area contributed by atoms with Gasteiger partial charge in [0.15, 0.2) is 0 Å². The van der Waals surface area contributed by atoms with Crippen molar-refractivity contribution in [2.24, 2.45) is 11.1 Å². The molecule has 0 unspecified atom stereocenters. The minimum absolute atomic E-state index is 0.0289. The number of amides is 2. The average Bonchev–Trinajstić information content (AvgIpc) is 2.54. The summed E-state index contributed by atoms with van der Waals surface area (Å²) in [5.74, 6) is -0.198. The summed E-state index contributed by atoms with van der Waals surface area (Å²) in [5, 5.41) is 5.50. The molecule has 1 aliphatic carbocycles. The van der Waals surface area contributed by atoms with Gasteiger partial charge < -0.3 is 16.4 Å². The molecule has 114 valence electrons. The Morgan fingerprint density at radius 2 is 1.95 bits per heavy atom. The van der Waals surface area contributed by atoms with Gasteiger partial charge in [-0.15, -0.1) is 0 Å². The third kappa shape index (κ3) is 3.42. The van der Waals surface area contributed by atoms with Crippen LogP contribution in [0.2, 0.25) is 0 Å². The maximum atomic E-state index is 12.6. The van der Waals surface area contributed by atoms with Crippen molar-refractivity contribution in [3.05, 3.63) is 29.8 Å². The van der Waals surface area contributed by atoms with E-state index in [1.165, 1.54) is 6.42 Å². The second-order valence-electron chi connectivity index (χ2n) is 5.66. The van der Waals surface area contributed by atoms with Gasteiger partial charge in [0.25, 0.3) is 5.91 Å². The number of benzene rings is 1. The van der Waals surface area contributed by atoms with Crippen molar-refractivity contribution in [3.63, 3.8) is 0 Å². The van der Waals surface area contributed by atoms with Gasteiger partial charge in [-0.25, -0.2) is 0 Å². The molecule has 2 amide bonds. The van der Waals surface area contributed by atoms with E-state index >= 15 is 0 Å². The molecule has 0 spiro atoms. The lowest BCUT2D eigenvalue weighted by molar-refractivity contribution is -0.126. The van der Waals surface area contributed by atoms with Crippen LogP contribution in [0.15, 0.2) is 24.3 Å². The van der Waals surface area contributed by atoms with Crippen LogP contribution >= 0.6 is 0 Å². The monoisotopic (exact) mass is 289 g/mol. The van der Waals surface area contributed by atoms with Crippen LogP contribution in [0, 0.1) is 5.41 Å². The molecule has 1 aromatic carbocycles. The third-order valence-corrected chi connectivity index (χ3v) is 4.29. The van der Waals surface area contributed by atoms with E-state index in [4.69, 9.17) is 5.73 Å². The molecule has 0 saturated heterocycles. The summed E-state index contributed by atoms with van der Waals surface area (Å²) in [6.45, 7) is 0.369. The third-order valence-electron chi connectivity index (χ3n) is 4.29. The van der Waals surface area contributed by atoms with Crippen molar-refractivity contribution in [1.29, 1.82) is 0 Å². The van der Waals surface area contributed by atoms with E-state index in [0.29, 0.717) is 17.8 Å². The first kappa shape index (κ1) is 15.5. The van der Waals surface area contributed by atoms with E-state index < -0.39 is 5.41 Å². The first-order chi connectivity index (χ1) is 10.1. The van der Waals surface area contributed by atoms with Gasteiger partial charge in [0.2, 0.25) is 5.91 Å². The molecular formula is C16H23N3O2. The zero-order chi connectivity index (χ0) is 15.3. The number of carbonyl (C=O) groups is 2. The van der Waals surface area contributed by atoms with Crippen molar-refractivity contribution < 1.29 is 9.59 Å². The Morgan fingerprint density at radius 3 is 2.57 bits per heavy atom. The summed E-state index contributed by atoms with van der Waals surface area (Å²) in [6, 6.07) is 6.95. The average molecular weight is 289 g/mol. The molecule has 0 bridgehead atoms. The number of rotatable bonds is 4. The van der Waals surface area contributed by atoms with Crippen molar-refractivity contribution in [3.8, 4) is 0 Å². The van der Waals surface area contributed by atoms with Crippen LogP contribution < -0.4 is 16.4 Å². The highest BCUT2D eigenvalue weighted by atomic mass is 16.2. The molecule has 0 radical (unpaired) electrons. The van der Waals surface area contributed by atoms with Gasteiger partial charge in [0, 0.05) is 24.8 Å². The van der Waals surface area contributed by atoms with E-state index in [9.17, 15) is 9.59 Å². The second-order valence-corrected chi connectivity index (χ2v) is 5.66. The molecule has 5 heteroatoms. The standard InChI is InChI=1S/C16H23N3O2/c1-18-14(20)12-6-5-7-13(10-12)19-15(21)16(11-17)8-3-2-4-9-16/h5-7,10H,2-4,8-9,11,17H2,1H3,(H,18,20)(H,19,21). The maximum Gasteiger partial charge on any atom is 0.251 e. The van der Waals surface area contributed by atoms with Crippen molar-refractivity contribution >= 4 is 17.5 Å². The molecule has 4 N–H and O–H groups in total. The predicted octanol–water partition coefficient (Wildman–Crippen LogP) is 1.89. The molecule has 5 nitrogen and oxygen atoms in total. The lowest BCUT2D eigenvalue weighted by Gasteiger charge is -2.34. The lowest BCUT2D eigenvalue weighted by atomic mass is 9.73. The number of carbonyl (C=O) groups excluding carboxylic acids is 2. The van der Waals surface area contributed by atoms with Crippen LogP contribution in [0.4, 0.5) is 5.69 Å². The van der Waals surface area contributed by atoms with Crippen LogP contribution in [0.1, 0.15) is 42.5 Å². The fourth-order valence-electron chi connectivity index (χ4n) is 2.90. The highest BCUT2D eigenvalue weighted by Crippen LogP contribution is 2.36. The van der Waals surface area contributed by atoms with Crippen LogP contribution in [-0.2, 0) is 4.79 Å². The topological polar surface area (TPSA) is 84.2 Å². The van der Waals surface area contributed by atoms with E-state index in [0.717, 1.165) is 25.7 Å². The Hall–Kier alpha value is -1.88. The Balaban J connectivity index is 2.13. The van der Waals surface area contributed by atoms with Gasteiger partial charge in [-0.05, 0) is 31.0 Å². The van der Waals surface area contributed by atoms with Gasteiger partial charge >= 0.3 is 0 Å². The molecule has 1 aliphatic rings. The number of nitrogens with two attached hydrogens (primary N) is 1. The van der Waals surface area contributed by atoms with E-state index in [1.807, 2.05) is 0 Å². The van der Waals surface area contributed by atoms with Gasteiger partial charge in [0.05, 0.1) is 5.41 Å². The molecule has 21 heavy (non-hydrogen) atoms. The smallest absolute Gasteiger partial charge is 0.251 e. The quantitative estimate of drug-likeness (QED) is 0.791. The predicted molar refractivity (Wildman–Crippen MR) is 83.0 cm³/mol. The molecule has 0 aromatic heterocycles. The minimum atomic E-state index is -0.457. The summed E-state index contributed by atoms with van der Waals surface area (Å²) in [5.41, 5.74) is 6.58. The lowest BCUT2D eigenvalue weighted by Crippen LogP contribution is -2.43. The summed E-state index contributed by atoms with van der Waals surface area (Å²) in [4.78, 5) is 24.2. The van der Waals surface area contributed by atoms with Gasteiger partial charge in [-0.3, -0.25) is 9.59 Å². The fraction of sp³-hybridized carbons (Fsp3) is 0.500. The van der Waals surface area contributed by atoms with Crippen molar-refractivity contribution in [2.45, 2.75) is 32.1 Å². The molecular weight excluding hydrogens is 266 g/mol. The molecule has 1 fully saturated rings. The maximum absolute atomic E-state index is 12.6. The van der Waals surface area contributed by atoms with Crippen LogP contribution in [0.5, 0.6) is 0 Å². The Labute approximate surface area is 125 Å². The Kier molecular flexibility index (Phi) is 4.96. The van der Waals surface area contributed by atoms with Crippen LogP contribution in [0.25, 0.3) is 0 Å². The number of hydrogen-bond donors (Lipinski definition) is 3. The zero-order valence-corrected chi connectivity index (χ0v) is 12.4. The summed E-state index contributed by atoms with van der Waals surface area (Å²) >= 11 is 0. The van der Waals surface area contributed by atoms with E-state index in [2.05, 4.69) is 10.6 Å². The zero-order valence-electron chi connectivity index (χ0n) is 12.4. The summed E-state index contributed by atoms with van der Waals surface area (Å²) < 4.78 is 0. The molecule has 0 aliphatic heterocycles.